The van der Waals surface area contributed by atoms with Crippen molar-refractivity contribution in [2.45, 2.75) is 37.8 Å². The van der Waals surface area contributed by atoms with E-state index in [1.807, 2.05) is 6.07 Å². The Labute approximate surface area is 104 Å². The molecule has 3 heteroatoms. The van der Waals surface area contributed by atoms with Gasteiger partial charge in [-0.2, -0.15) is 0 Å². The Bertz CT molecular complexity index is 329. The summed E-state index contributed by atoms with van der Waals surface area (Å²) in [6, 6.07) is 8.52. The molecule has 0 aliphatic heterocycles. The van der Waals surface area contributed by atoms with Gasteiger partial charge in [0.15, 0.2) is 0 Å². The van der Waals surface area contributed by atoms with Crippen LogP contribution in [0.25, 0.3) is 0 Å². The van der Waals surface area contributed by atoms with Crippen LogP contribution in [0, 0.1) is 3.57 Å². The standard InChI is InChI=1S/C12H16INO/c13-9-4-3-5-10(8-9)14-11-6-1-2-7-12(11)15/h3-5,8,11-12,14-15H,1-2,6-7H2/t11-,12-/m1/s1. The molecular formula is C12H16INO. The number of anilines is 1. The van der Waals surface area contributed by atoms with Gasteiger partial charge in [0, 0.05) is 9.26 Å². The second-order valence-electron chi connectivity index (χ2n) is 4.11. The molecule has 82 valence electrons. The molecule has 1 fully saturated rings. The molecule has 0 heterocycles. The molecule has 2 rings (SSSR count). The molecule has 2 N–H and O–H groups in total. The van der Waals surface area contributed by atoms with Gasteiger partial charge in [0.1, 0.15) is 0 Å². The minimum atomic E-state index is -0.184. The van der Waals surface area contributed by atoms with Crippen LogP contribution in [-0.2, 0) is 0 Å². The molecule has 1 aliphatic carbocycles. The average molecular weight is 317 g/mol. The second-order valence-corrected chi connectivity index (χ2v) is 5.36. The lowest BCUT2D eigenvalue weighted by Gasteiger charge is -2.29. The lowest BCUT2D eigenvalue weighted by atomic mass is 9.92. The lowest BCUT2D eigenvalue weighted by Crippen LogP contribution is -2.36. The van der Waals surface area contributed by atoms with Gasteiger partial charge >= 0.3 is 0 Å². The summed E-state index contributed by atoms with van der Waals surface area (Å²) < 4.78 is 1.22. The van der Waals surface area contributed by atoms with Crippen molar-refractivity contribution >= 4 is 28.3 Å². The molecule has 15 heavy (non-hydrogen) atoms. The highest BCUT2D eigenvalue weighted by atomic mass is 127. The van der Waals surface area contributed by atoms with Gasteiger partial charge in [0.25, 0.3) is 0 Å². The van der Waals surface area contributed by atoms with E-state index in [4.69, 9.17) is 0 Å². The summed E-state index contributed by atoms with van der Waals surface area (Å²) in [4.78, 5) is 0. The molecule has 2 nitrogen and oxygen atoms in total. The molecule has 0 radical (unpaired) electrons. The Balaban J connectivity index is 2.01. The minimum absolute atomic E-state index is 0.184. The first-order valence-corrected chi connectivity index (χ1v) is 6.54. The predicted octanol–water partition coefficient (Wildman–Crippen LogP) is 3.01. The molecule has 1 saturated carbocycles. The summed E-state index contributed by atoms with van der Waals surface area (Å²) in [5.41, 5.74) is 1.12. The maximum atomic E-state index is 9.84. The number of halogens is 1. The van der Waals surface area contributed by atoms with E-state index in [9.17, 15) is 5.11 Å². The van der Waals surface area contributed by atoms with Crippen LogP contribution in [0.2, 0.25) is 0 Å². The van der Waals surface area contributed by atoms with E-state index in [0.717, 1.165) is 24.9 Å². The second kappa shape index (κ2) is 5.16. The summed E-state index contributed by atoms with van der Waals surface area (Å²) in [5.74, 6) is 0. The van der Waals surface area contributed by atoms with E-state index in [2.05, 4.69) is 46.1 Å². The number of aliphatic hydroxyl groups excluding tert-OH is 1. The van der Waals surface area contributed by atoms with E-state index < -0.39 is 0 Å². The number of benzene rings is 1. The van der Waals surface area contributed by atoms with Crippen LogP contribution in [0.3, 0.4) is 0 Å². The highest BCUT2D eigenvalue weighted by molar-refractivity contribution is 14.1. The van der Waals surface area contributed by atoms with Gasteiger partial charge in [-0.05, 0) is 53.6 Å². The molecular weight excluding hydrogens is 301 g/mol. The molecule has 0 unspecified atom stereocenters. The first kappa shape index (κ1) is 11.2. The van der Waals surface area contributed by atoms with E-state index >= 15 is 0 Å². The topological polar surface area (TPSA) is 32.3 Å². The zero-order chi connectivity index (χ0) is 10.7. The molecule has 2 atom stereocenters. The largest absolute Gasteiger partial charge is 0.391 e. The summed E-state index contributed by atoms with van der Waals surface area (Å²) in [6.07, 6.45) is 4.20. The van der Waals surface area contributed by atoms with Gasteiger partial charge in [-0.15, -0.1) is 0 Å². The van der Waals surface area contributed by atoms with Crippen LogP contribution < -0.4 is 5.32 Å². The zero-order valence-electron chi connectivity index (χ0n) is 8.62. The van der Waals surface area contributed by atoms with Gasteiger partial charge in [0.05, 0.1) is 12.1 Å². The van der Waals surface area contributed by atoms with Crippen molar-refractivity contribution in [1.82, 2.24) is 0 Å². The molecule has 0 spiro atoms. The average Bonchev–Trinajstić information content (AvgIpc) is 2.22. The Morgan fingerprint density at radius 3 is 2.80 bits per heavy atom. The van der Waals surface area contributed by atoms with Gasteiger partial charge in [-0.1, -0.05) is 18.9 Å². The number of nitrogens with one attached hydrogen (secondary N) is 1. The predicted molar refractivity (Wildman–Crippen MR) is 71.0 cm³/mol. The smallest absolute Gasteiger partial charge is 0.0741 e. The van der Waals surface area contributed by atoms with Gasteiger partial charge in [0.2, 0.25) is 0 Å². The first-order chi connectivity index (χ1) is 7.25. The molecule has 0 bridgehead atoms. The van der Waals surface area contributed by atoms with Gasteiger partial charge in [-0.25, -0.2) is 0 Å². The molecule has 1 aromatic rings. The van der Waals surface area contributed by atoms with Crippen LogP contribution in [0.1, 0.15) is 25.7 Å². The zero-order valence-corrected chi connectivity index (χ0v) is 10.8. The summed E-state index contributed by atoms with van der Waals surface area (Å²) in [6.45, 7) is 0. The Morgan fingerprint density at radius 1 is 1.27 bits per heavy atom. The molecule has 0 aromatic heterocycles. The van der Waals surface area contributed by atoms with Crippen molar-refractivity contribution in [1.29, 1.82) is 0 Å². The molecule has 0 saturated heterocycles. The van der Waals surface area contributed by atoms with Crippen molar-refractivity contribution in [2.24, 2.45) is 0 Å². The quantitative estimate of drug-likeness (QED) is 0.822. The normalized spacial score (nSPS) is 26.3. The SMILES string of the molecule is O[C@@H]1CCCC[C@H]1Nc1cccc(I)c1. The molecule has 1 aliphatic rings. The molecule has 0 amide bonds. The maximum Gasteiger partial charge on any atom is 0.0741 e. The molecule has 1 aromatic carbocycles. The Kier molecular flexibility index (Phi) is 3.86. The van der Waals surface area contributed by atoms with E-state index in [1.165, 1.54) is 9.99 Å². The fourth-order valence-corrected chi connectivity index (χ4v) is 2.62. The van der Waals surface area contributed by atoms with Crippen molar-refractivity contribution in [2.75, 3.05) is 5.32 Å². The van der Waals surface area contributed by atoms with Crippen molar-refractivity contribution in [3.63, 3.8) is 0 Å². The number of rotatable bonds is 2. The highest BCUT2D eigenvalue weighted by Crippen LogP contribution is 2.22. The number of hydrogen-bond acceptors (Lipinski definition) is 2. The van der Waals surface area contributed by atoms with E-state index in [-0.39, 0.29) is 12.1 Å². The van der Waals surface area contributed by atoms with Crippen LogP contribution in [0.5, 0.6) is 0 Å². The highest BCUT2D eigenvalue weighted by Gasteiger charge is 2.22. The Morgan fingerprint density at radius 2 is 2.07 bits per heavy atom. The van der Waals surface area contributed by atoms with Crippen molar-refractivity contribution < 1.29 is 5.11 Å². The van der Waals surface area contributed by atoms with Crippen molar-refractivity contribution in [3.8, 4) is 0 Å². The summed E-state index contributed by atoms with van der Waals surface area (Å²) >= 11 is 2.30. The van der Waals surface area contributed by atoms with Crippen LogP contribution in [0.4, 0.5) is 5.69 Å². The Hall–Kier alpha value is -0.290. The first-order valence-electron chi connectivity index (χ1n) is 5.46. The number of hydrogen-bond donors (Lipinski definition) is 2. The third-order valence-electron chi connectivity index (χ3n) is 2.91. The lowest BCUT2D eigenvalue weighted by molar-refractivity contribution is 0.116. The number of aliphatic hydroxyl groups is 1. The van der Waals surface area contributed by atoms with Crippen LogP contribution in [-0.4, -0.2) is 17.3 Å². The van der Waals surface area contributed by atoms with Gasteiger partial charge in [-0.3, -0.25) is 0 Å². The summed E-state index contributed by atoms with van der Waals surface area (Å²) in [5, 5.41) is 13.3. The third-order valence-corrected chi connectivity index (χ3v) is 3.58. The minimum Gasteiger partial charge on any atom is -0.391 e. The maximum absolute atomic E-state index is 9.84. The fourth-order valence-electron chi connectivity index (χ4n) is 2.07. The van der Waals surface area contributed by atoms with Crippen LogP contribution in [0.15, 0.2) is 24.3 Å². The van der Waals surface area contributed by atoms with E-state index in [1.54, 1.807) is 0 Å². The van der Waals surface area contributed by atoms with Crippen LogP contribution >= 0.6 is 22.6 Å². The van der Waals surface area contributed by atoms with Crippen molar-refractivity contribution in [3.05, 3.63) is 27.8 Å². The monoisotopic (exact) mass is 317 g/mol. The van der Waals surface area contributed by atoms with Gasteiger partial charge < -0.3 is 10.4 Å². The summed E-state index contributed by atoms with van der Waals surface area (Å²) in [7, 11) is 0. The van der Waals surface area contributed by atoms with E-state index in [0.29, 0.717) is 0 Å². The fraction of sp³-hybridized carbons (Fsp3) is 0.500. The third kappa shape index (κ3) is 3.08.